The lowest BCUT2D eigenvalue weighted by Gasteiger charge is -2.29. The fourth-order valence-electron chi connectivity index (χ4n) is 7.56. The Balaban J connectivity index is 4.28. The van der Waals surface area contributed by atoms with Crippen LogP contribution in [0, 0.1) is 0 Å². The van der Waals surface area contributed by atoms with E-state index in [4.69, 9.17) is 9.05 Å². The second kappa shape index (κ2) is 43.2. The van der Waals surface area contributed by atoms with E-state index in [1.165, 1.54) is 173 Å². The number of hydrogen-bond acceptors (Lipinski definition) is 6. The predicted octanol–water partition coefficient (Wildman–Crippen LogP) is 14.2. The number of aliphatic hydroxyl groups is 1. The third kappa shape index (κ3) is 45.0. The number of nitrogens with zero attached hydrogens (tertiary/aromatic N) is 1. The third-order valence-electron chi connectivity index (χ3n) is 11.7. The highest BCUT2D eigenvalue weighted by Gasteiger charge is 2.23. The topological polar surface area (TPSA) is 108 Å². The smallest absolute Gasteiger partial charge is 0.268 e. The highest BCUT2D eigenvalue weighted by Crippen LogP contribution is 2.38. The summed E-state index contributed by atoms with van der Waals surface area (Å²) in [6.45, 7) is 4.66. The molecule has 0 aliphatic carbocycles. The fourth-order valence-corrected chi connectivity index (χ4v) is 8.28. The number of carbonyl (C=O) groups is 1. The van der Waals surface area contributed by atoms with Gasteiger partial charge in [0.1, 0.15) is 13.2 Å². The molecule has 2 N–H and O–H groups in total. The molecule has 9 heteroatoms. The predicted molar refractivity (Wildman–Crippen MR) is 256 cm³/mol. The van der Waals surface area contributed by atoms with Crippen molar-refractivity contribution in [2.24, 2.45) is 0 Å². The molecule has 0 rings (SSSR count). The van der Waals surface area contributed by atoms with Gasteiger partial charge in [-0.2, -0.15) is 0 Å². The Labute approximate surface area is 373 Å². The lowest BCUT2D eigenvalue weighted by Crippen LogP contribution is -2.45. The van der Waals surface area contributed by atoms with Gasteiger partial charge in [0.25, 0.3) is 7.82 Å². The maximum Gasteiger partial charge on any atom is 0.268 e. The summed E-state index contributed by atoms with van der Waals surface area (Å²) >= 11 is 0. The van der Waals surface area contributed by atoms with Crippen LogP contribution in [0.25, 0.3) is 0 Å². The summed E-state index contributed by atoms with van der Waals surface area (Å²) in [7, 11) is 1.26. The van der Waals surface area contributed by atoms with Gasteiger partial charge >= 0.3 is 0 Å². The van der Waals surface area contributed by atoms with Crippen LogP contribution in [0.15, 0.2) is 24.3 Å². The Morgan fingerprint density at radius 3 is 1.30 bits per heavy atom. The Morgan fingerprint density at radius 1 is 0.567 bits per heavy atom. The van der Waals surface area contributed by atoms with Crippen molar-refractivity contribution in [1.29, 1.82) is 0 Å². The first-order valence-electron chi connectivity index (χ1n) is 25.7. The van der Waals surface area contributed by atoms with E-state index >= 15 is 0 Å². The van der Waals surface area contributed by atoms with Crippen LogP contribution < -0.4 is 10.2 Å². The van der Waals surface area contributed by atoms with E-state index in [2.05, 4.69) is 31.3 Å². The quantitative estimate of drug-likeness (QED) is 0.0273. The van der Waals surface area contributed by atoms with Crippen LogP contribution in [-0.2, 0) is 18.4 Å². The lowest BCUT2D eigenvalue weighted by atomic mass is 10.0. The number of carbonyl (C=O) groups excluding carboxylic acids is 1. The highest BCUT2D eigenvalue weighted by atomic mass is 31.2. The Bertz CT molecular complexity index is 1030. The van der Waals surface area contributed by atoms with Gasteiger partial charge in [-0.25, -0.2) is 0 Å². The molecule has 0 aliphatic rings. The number of phosphoric ester groups is 1. The molecule has 0 saturated carbocycles. The van der Waals surface area contributed by atoms with E-state index in [1.54, 1.807) is 6.08 Å². The maximum absolute atomic E-state index is 12.9. The molecule has 0 fully saturated rings. The van der Waals surface area contributed by atoms with Crippen LogP contribution >= 0.6 is 7.82 Å². The van der Waals surface area contributed by atoms with Crippen molar-refractivity contribution in [1.82, 2.24) is 5.32 Å². The SMILES string of the molecule is CCCCCCCC/C=C\CCCCCCCC(=O)NC(COP(=O)([O-])OCC[N+](C)(C)C)C(O)/C=C/CCCCCCCCCCCCCCCCCCCCCCC. The van der Waals surface area contributed by atoms with Crippen molar-refractivity contribution in [3.63, 3.8) is 0 Å². The van der Waals surface area contributed by atoms with Gasteiger partial charge in [-0.3, -0.25) is 9.36 Å². The number of nitrogens with one attached hydrogen (secondary N) is 1. The van der Waals surface area contributed by atoms with Gasteiger partial charge in [-0.05, 0) is 44.9 Å². The van der Waals surface area contributed by atoms with E-state index in [-0.39, 0.29) is 19.1 Å². The molecule has 0 aromatic heterocycles. The average molecular weight is 869 g/mol. The van der Waals surface area contributed by atoms with Crippen molar-refractivity contribution < 1.29 is 32.9 Å². The van der Waals surface area contributed by atoms with Crippen LogP contribution in [0.1, 0.15) is 245 Å². The van der Waals surface area contributed by atoms with Gasteiger partial charge in [-0.1, -0.05) is 218 Å². The first-order chi connectivity index (χ1) is 29.0. The summed E-state index contributed by atoms with van der Waals surface area (Å²) < 4.78 is 23.3. The Kier molecular flexibility index (Phi) is 42.5. The largest absolute Gasteiger partial charge is 0.756 e. The number of amides is 1. The molecule has 3 atom stereocenters. The van der Waals surface area contributed by atoms with Crippen molar-refractivity contribution in [3.8, 4) is 0 Å². The normalized spacial score (nSPS) is 14.3. The first-order valence-corrected chi connectivity index (χ1v) is 27.2. The van der Waals surface area contributed by atoms with E-state index in [0.717, 1.165) is 51.4 Å². The van der Waals surface area contributed by atoms with Crippen LogP contribution in [0.5, 0.6) is 0 Å². The molecular formula is C51H101N2O6P. The molecule has 0 aromatic carbocycles. The molecule has 8 nitrogen and oxygen atoms in total. The minimum Gasteiger partial charge on any atom is -0.756 e. The molecule has 0 bridgehead atoms. The number of likely N-dealkylation sites (N-methyl/N-ethyl adjacent to an activating group) is 1. The van der Waals surface area contributed by atoms with E-state index in [0.29, 0.717) is 17.4 Å². The summed E-state index contributed by atoms with van der Waals surface area (Å²) in [4.78, 5) is 25.4. The average Bonchev–Trinajstić information content (AvgIpc) is 3.20. The van der Waals surface area contributed by atoms with Gasteiger partial charge in [0.05, 0.1) is 39.9 Å². The lowest BCUT2D eigenvalue weighted by molar-refractivity contribution is -0.870. The molecule has 0 heterocycles. The zero-order valence-electron chi connectivity index (χ0n) is 40.4. The van der Waals surface area contributed by atoms with Crippen molar-refractivity contribution in [3.05, 3.63) is 24.3 Å². The molecule has 0 radical (unpaired) electrons. The summed E-state index contributed by atoms with van der Waals surface area (Å²) in [6, 6.07) is -0.888. The van der Waals surface area contributed by atoms with Crippen molar-refractivity contribution in [2.75, 3.05) is 40.9 Å². The molecule has 3 unspecified atom stereocenters. The van der Waals surface area contributed by atoms with E-state index in [1.807, 2.05) is 27.2 Å². The fraction of sp³-hybridized carbons (Fsp3) is 0.902. The molecule has 60 heavy (non-hydrogen) atoms. The van der Waals surface area contributed by atoms with Gasteiger partial charge in [0, 0.05) is 6.42 Å². The first kappa shape index (κ1) is 59.0. The number of hydrogen-bond donors (Lipinski definition) is 2. The molecule has 1 amide bonds. The molecule has 0 aromatic rings. The van der Waals surface area contributed by atoms with Crippen LogP contribution in [0.3, 0.4) is 0 Å². The monoisotopic (exact) mass is 869 g/mol. The number of aliphatic hydroxyl groups excluding tert-OH is 1. The maximum atomic E-state index is 12.9. The second-order valence-electron chi connectivity index (χ2n) is 18.9. The van der Waals surface area contributed by atoms with Gasteiger partial charge in [0.15, 0.2) is 0 Å². The number of quaternary nitrogens is 1. The third-order valence-corrected chi connectivity index (χ3v) is 12.6. The molecule has 0 aliphatic heterocycles. The highest BCUT2D eigenvalue weighted by molar-refractivity contribution is 7.45. The number of unbranched alkanes of at least 4 members (excludes halogenated alkanes) is 32. The summed E-state index contributed by atoms with van der Waals surface area (Å²) in [5.74, 6) is -0.204. The Morgan fingerprint density at radius 2 is 0.917 bits per heavy atom. The zero-order chi connectivity index (χ0) is 44.3. The van der Waals surface area contributed by atoms with Crippen molar-refractivity contribution >= 4 is 13.7 Å². The van der Waals surface area contributed by atoms with Crippen LogP contribution in [0.4, 0.5) is 0 Å². The molecule has 356 valence electrons. The van der Waals surface area contributed by atoms with E-state index in [9.17, 15) is 19.4 Å². The molecule has 0 spiro atoms. The zero-order valence-corrected chi connectivity index (χ0v) is 41.3. The number of allylic oxidation sites excluding steroid dienone is 3. The summed E-state index contributed by atoms with van der Waals surface area (Å²) in [5.41, 5.74) is 0. The van der Waals surface area contributed by atoms with Crippen LogP contribution in [-0.4, -0.2) is 68.5 Å². The summed E-state index contributed by atoms with van der Waals surface area (Å²) in [6.07, 6.45) is 52.3. The minimum atomic E-state index is -4.59. The molecular weight excluding hydrogens is 768 g/mol. The van der Waals surface area contributed by atoms with Gasteiger partial charge in [-0.15, -0.1) is 0 Å². The number of phosphoric acid groups is 1. The van der Waals surface area contributed by atoms with Crippen molar-refractivity contribution in [2.45, 2.75) is 257 Å². The van der Waals surface area contributed by atoms with Gasteiger partial charge < -0.3 is 28.8 Å². The summed E-state index contributed by atoms with van der Waals surface area (Å²) in [5, 5.41) is 13.8. The minimum absolute atomic E-state index is 0.00124. The van der Waals surface area contributed by atoms with E-state index < -0.39 is 20.0 Å². The standard InChI is InChI=1S/C51H101N2O6P/c1-6-8-10-12-14-16-18-20-22-23-24-25-26-27-28-29-31-32-34-36-38-40-42-44-50(54)49(48-59-60(56,57)58-47-46-53(3,4)5)52-51(55)45-43-41-39-37-35-33-30-21-19-17-15-13-11-9-7-2/h21,30,42,44,49-50,54H,6-20,22-29,31-41,43,45-48H2,1-5H3,(H-,52,55,56,57)/b30-21-,44-42+. The molecule has 0 saturated heterocycles. The second-order valence-corrected chi connectivity index (χ2v) is 20.3. The Hall–Kier alpha value is -1.02. The number of rotatable bonds is 47. The van der Waals surface area contributed by atoms with Gasteiger partial charge in [0.2, 0.25) is 5.91 Å². The van der Waals surface area contributed by atoms with Crippen LogP contribution in [0.2, 0.25) is 0 Å².